The molecule has 8 heteroatoms. The quantitative estimate of drug-likeness (QED) is 0.260. The van der Waals surface area contributed by atoms with Crippen LogP contribution in [0.25, 0.3) is 0 Å². The second-order valence-electron chi connectivity index (χ2n) is 5.51. The fraction of sp³-hybridized carbons (Fsp3) is 0.588. The lowest BCUT2D eigenvalue weighted by atomic mass is 10.1. The van der Waals surface area contributed by atoms with E-state index >= 15 is 0 Å². The van der Waals surface area contributed by atoms with Crippen LogP contribution in [-0.2, 0) is 25.9 Å². The van der Waals surface area contributed by atoms with Gasteiger partial charge in [-0.15, -0.1) is 24.0 Å². The van der Waals surface area contributed by atoms with Crippen LogP contribution in [0, 0.1) is 0 Å². The molecule has 0 unspecified atom stereocenters. The normalized spacial score (nSPS) is 11.2. The second-order valence-corrected chi connectivity index (χ2v) is 5.51. The molecule has 2 N–H and O–H groups in total. The third kappa shape index (κ3) is 6.68. The predicted molar refractivity (Wildman–Crippen MR) is 110 cm³/mol. The minimum atomic E-state index is 0. The zero-order valence-electron chi connectivity index (χ0n) is 15.3. The minimum absolute atomic E-state index is 0. The van der Waals surface area contributed by atoms with Gasteiger partial charge in [0.15, 0.2) is 5.96 Å². The van der Waals surface area contributed by atoms with Crippen molar-refractivity contribution < 1.29 is 4.52 Å². The largest absolute Gasteiger partial charge is 0.361 e. The Hall–Kier alpha value is -1.58. The van der Waals surface area contributed by atoms with Gasteiger partial charge in [0, 0.05) is 44.0 Å². The van der Waals surface area contributed by atoms with Gasteiger partial charge in [0.05, 0.1) is 18.6 Å². The number of halogens is 1. The Labute approximate surface area is 166 Å². The van der Waals surface area contributed by atoms with Gasteiger partial charge in [0.2, 0.25) is 0 Å². The summed E-state index contributed by atoms with van der Waals surface area (Å²) in [6.07, 6.45) is 8.33. The monoisotopic (exact) mass is 460 g/mol. The first-order valence-electron chi connectivity index (χ1n) is 8.72. The number of imidazole rings is 1. The first-order valence-corrected chi connectivity index (χ1v) is 8.72. The van der Waals surface area contributed by atoms with Crippen molar-refractivity contribution in [1.29, 1.82) is 0 Å². The third-order valence-corrected chi connectivity index (χ3v) is 3.79. The standard InChI is InChI=1S/C17H28N6O.HI/c1-4-15-14(16(5-2)24-22-15)12-21-17(19-6-3)20-8-7-10-23-11-9-18-13-23;/h9,11,13H,4-8,10,12H2,1-3H3,(H2,19,20,21);1H. The number of hydrogen-bond donors (Lipinski definition) is 2. The predicted octanol–water partition coefficient (Wildman–Crippen LogP) is 2.76. The number of aliphatic imine (C=N–C) groups is 1. The zero-order chi connectivity index (χ0) is 17.2. The fourth-order valence-electron chi connectivity index (χ4n) is 2.50. The maximum atomic E-state index is 5.40. The smallest absolute Gasteiger partial charge is 0.191 e. The summed E-state index contributed by atoms with van der Waals surface area (Å²) in [6, 6.07) is 0. The van der Waals surface area contributed by atoms with Crippen molar-refractivity contribution in [3.8, 4) is 0 Å². The summed E-state index contributed by atoms with van der Waals surface area (Å²) in [6.45, 7) is 9.45. The first kappa shape index (κ1) is 21.5. The van der Waals surface area contributed by atoms with Crippen molar-refractivity contribution in [1.82, 2.24) is 25.3 Å². The summed E-state index contributed by atoms with van der Waals surface area (Å²) < 4.78 is 7.47. The van der Waals surface area contributed by atoms with Crippen LogP contribution >= 0.6 is 24.0 Å². The highest BCUT2D eigenvalue weighted by atomic mass is 127. The fourth-order valence-corrected chi connectivity index (χ4v) is 2.50. The Morgan fingerprint density at radius 3 is 2.72 bits per heavy atom. The number of hydrogen-bond acceptors (Lipinski definition) is 4. The highest BCUT2D eigenvalue weighted by molar-refractivity contribution is 14.0. The van der Waals surface area contributed by atoms with Crippen LogP contribution in [-0.4, -0.2) is 33.8 Å². The second kappa shape index (κ2) is 11.9. The van der Waals surface area contributed by atoms with Gasteiger partial charge < -0.3 is 19.7 Å². The maximum Gasteiger partial charge on any atom is 0.191 e. The molecule has 2 heterocycles. The van der Waals surface area contributed by atoms with E-state index in [0.717, 1.165) is 61.9 Å². The highest BCUT2D eigenvalue weighted by Gasteiger charge is 2.12. The van der Waals surface area contributed by atoms with E-state index < -0.39 is 0 Å². The average Bonchev–Trinajstić information content (AvgIpc) is 3.25. The molecule has 2 rings (SSSR count). The molecule has 0 spiro atoms. The Morgan fingerprint density at radius 1 is 1.24 bits per heavy atom. The summed E-state index contributed by atoms with van der Waals surface area (Å²) >= 11 is 0. The number of aromatic nitrogens is 3. The highest BCUT2D eigenvalue weighted by Crippen LogP contribution is 2.16. The molecule has 2 aromatic rings. The molecule has 0 atom stereocenters. The van der Waals surface area contributed by atoms with Crippen LogP contribution < -0.4 is 10.6 Å². The molecule has 0 amide bonds. The molecule has 7 nitrogen and oxygen atoms in total. The molecule has 0 aliphatic rings. The molecule has 0 bridgehead atoms. The lowest BCUT2D eigenvalue weighted by Crippen LogP contribution is -2.38. The lowest BCUT2D eigenvalue weighted by Gasteiger charge is -2.11. The van der Waals surface area contributed by atoms with Gasteiger partial charge in [-0.25, -0.2) is 9.98 Å². The van der Waals surface area contributed by atoms with E-state index in [1.807, 2.05) is 12.5 Å². The molecule has 0 saturated heterocycles. The van der Waals surface area contributed by atoms with Crippen LogP contribution in [0.4, 0.5) is 0 Å². The van der Waals surface area contributed by atoms with E-state index in [4.69, 9.17) is 4.52 Å². The van der Waals surface area contributed by atoms with Crippen molar-refractivity contribution in [3.63, 3.8) is 0 Å². The number of nitrogens with one attached hydrogen (secondary N) is 2. The van der Waals surface area contributed by atoms with E-state index in [1.54, 1.807) is 6.20 Å². The molecule has 0 aromatic carbocycles. The van der Waals surface area contributed by atoms with Crippen LogP contribution in [0.2, 0.25) is 0 Å². The number of aryl methyl sites for hydroxylation is 3. The zero-order valence-corrected chi connectivity index (χ0v) is 17.6. The molecule has 0 fully saturated rings. The topological polar surface area (TPSA) is 80.3 Å². The van der Waals surface area contributed by atoms with Crippen LogP contribution in [0.15, 0.2) is 28.2 Å². The van der Waals surface area contributed by atoms with Gasteiger partial charge in [0.25, 0.3) is 0 Å². The Kier molecular flexibility index (Phi) is 10.2. The van der Waals surface area contributed by atoms with Crippen LogP contribution in [0.1, 0.15) is 44.2 Å². The lowest BCUT2D eigenvalue weighted by molar-refractivity contribution is 0.380. The number of guanidine groups is 1. The van der Waals surface area contributed by atoms with Gasteiger partial charge in [-0.2, -0.15) is 0 Å². The molecule has 0 aliphatic heterocycles. The van der Waals surface area contributed by atoms with Crippen molar-refractivity contribution >= 4 is 29.9 Å². The van der Waals surface area contributed by atoms with Gasteiger partial charge in [0.1, 0.15) is 5.76 Å². The van der Waals surface area contributed by atoms with Gasteiger partial charge in [-0.05, 0) is 19.8 Å². The van der Waals surface area contributed by atoms with E-state index in [2.05, 4.69) is 51.1 Å². The van der Waals surface area contributed by atoms with Gasteiger partial charge in [-0.3, -0.25) is 0 Å². The van der Waals surface area contributed by atoms with Crippen molar-refractivity contribution in [3.05, 3.63) is 35.7 Å². The molecule has 2 aromatic heterocycles. The van der Waals surface area contributed by atoms with E-state index in [9.17, 15) is 0 Å². The average molecular weight is 460 g/mol. The molecular formula is C17H29IN6O. The molecule has 0 saturated carbocycles. The molecule has 0 radical (unpaired) electrons. The molecule has 0 aliphatic carbocycles. The van der Waals surface area contributed by atoms with Crippen molar-refractivity contribution in [2.75, 3.05) is 13.1 Å². The van der Waals surface area contributed by atoms with E-state index in [1.165, 1.54) is 0 Å². The Bertz CT molecular complexity index is 602. The minimum Gasteiger partial charge on any atom is -0.361 e. The van der Waals surface area contributed by atoms with Gasteiger partial charge in [-0.1, -0.05) is 19.0 Å². The van der Waals surface area contributed by atoms with E-state index in [-0.39, 0.29) is 24.0 Å². The summed E-state index contributed by atoms with van der Waals surface area (Å²) in [5.41, 5.74) is 2.13. The van der Waals surface area contributed by atoms with Crippen LogP contribution in [0.5, 0.6) is 0 Å². The molecule has 25 heavy (non-hydrogen) atoms. The SMILES string of the molecule is CCNC(=NCc1c(CC)noc1CC)NCCCn1ccnc1.I. The summed E-state index contributed by atoms with van der Waals surface area (Å²) in [4.78, 5) is 8.73. The summed E-state index contributed by atoms with van der Waals surface area (Å²) in [7, 11) is 0. The van der Waals surface area contributed by atoms with E-state index in [0.29, 0.717) is 6.54 Å². The number of rotatable bonds is 9. The molecular weight excluding hydrogens is 431 g/mol. The number of nitrogens with zero attached hydrogens (tertiary/aromatic N) is 4. The maximum absolute atomic E-state index is 5.40. The van der Waals surface area contributed by atoms with Crippen molar-refractivity contribution in [2.24, 2.45) is 4.99 Å². The van der Waals surface area contributed by atoms with Crippen molar-refractivity contribution in [2.45, 2.75) is 53.1 Å². The molecule has 140 valence electrons. The summed E-state index contributed by atoms with van der Waals surface area (Å²) in [5, 5.41) is 10.8. The first-order chi connectivity index (χ1) is 11.8. The summed E-state index contributed by atoms with van der Waals surface area (Å²) in [5.74, 6) is 1.76. The third-order valence-electron chi connectivity index (χ3n) is 3.79. The van der Waals surface area contributed by atoms with Crippen LogP contribution in [0.3, 0.4) is 0 Å². The van der Waals surface area contributed by atoms with Gasteiger partial charge >= 0.3 is 0 Å². The Morgan fingerprint density at radius 2 is 2.08 bits per heavy atom. The Balaban J connectivity index is 0.00000312.